The van der Waals surface area contributed by atoms with E-state index in [0.29, 0.717) is 49.8 Å². The average molecular weight is 335 g/mol. The van der Waals surface area contributed by atoms with Gasteiger partial charge in [-0.1, -0.05) is 6.92 Å². The first-order chi connectivity index (χ1) is 11.7. The molecule has 0 aliphatic heterocycles. The Balaban J connectivity index is 2.45. The summed E-state index contributed by atoms with van der Waals surface area (Å²) in [5.41, 5.74) is 1.97. The molecule has 7 nitrogen and oxygen atoms in total. The summed E-state index contributed by atoms with van der Waals surface area (Å²) in [5, 5.41) is 0. The van der Waals surface area contributed by atoms with Crippen LogP contribution in [0.1, 0.15) is 23.1 Å². The van der Waals surface area contributed by atoms with Crippen molar-refractivity contribution in [2.75, 3.05) is 47.6 Å². The zero-order chi connectivity index (χ0) is 17.5. The number of carbonyl (C=O) groups excluding carboxylic acids is 1. The number of aromatic nitrogens is 2. The molecule has 0 N–H and O–H groups in total. The monoisotopic (exact) mass is 335 g/mol. The van der Waals surface area contributed by atoms with Gasteiger partial charge in [-0.15, -0.1) is 0 Å². The molecule has 0 aliphatic rings. The number of amides is 1. The Morgan fingerprint density at radius 2 is 1.88 bits per heavy atom. The minimum Gasteiger partial charge on any atom is -0.493 e. The summed E-state index contributed by atoms with van der Waals surface area (Å²) < 4.78 is 17.4. The normalized spacial score (nSPS) is 11.0. The molecular weight excluding hydrogens is 310 g/mol. The van der Waals surface area contributed by atoms with Gasteiger partial charge >= 0.3 is 0 Å². The molecule has 24 heavy (non-hydrogen) atoms. The van der Waals surface area contributed by atoms with Gasteiger partial charge in [0, 0.05) is 33.5 Å². The molecule has 0 saturated carbocycles. The number of rotatable bonds is 9. The van der Waals surface area contributed by atoms with E-state index < -0.39 is 0 Å². The lowest BCUT2D eigenvalue weighted by Gasteiger charge is -2.22. The standard InChI is InChI=1S/C17H25N3O4/c1-5-13-15(17(21)19(9-11-22-2)10-12-23-3)20-8-6-7-14(24-4)16(20)18-13/h6-8H,5,9-12H2,1-4H3. The summed E-state index contributed by atoms with van der Waals surface area (Å²) in [6.45, 7) is 3.92. The molecule has 0 bridgehead atoms. The van der Waals surface area contributed by atoms with Gasteiger partial charge in [0.05, 0.1) is 26.0 Å². The summed E-state index contributed by atoms with van der Waals surface area (Å²) in [4.78, 5) is 19.4. The number of fused-ring (bicyclic) bond motifs is 1. The lowest BCUT2D eigenvalue weighted by Crippen LogP contribution is -2.37. The molecule has 1 amide bonds. The van der Waals surface area contributed by atoms with Gasteiger partial charge in [-0.2, -0.15) is 0 Å². The van der Waals surface area contributed by atoms with E-state index in [1.807, 2.05) is 25.3 Å². The first-order valence-corrected chi connectivity index (χ1v) is 7.99. The minimum absolute atomic E-state index is 0.0818. The highest BCUT2D eigenvalue weighted by Gasteiger charge is 2.24. The van der Waals surface area contributed by atoms with Gasteiger partial charge < -0.3 is 19.1 Å². The molecule has 2 aromatic rings. The molecule has 2 rings (SSSR count). The van der Waals surface area contributed by atoms with Crippen molar-refractivity contribution in [3.05, 3.63) is 29.7 Å². The largest absolute Gasteiger partial charge is 0.493 e. The zero-order valence-electron chi connectivity index (χ0n) is 14.7. The number of hydrogen-bond acceptors (Lipinski definition) is 5. The SMILES string of the molecule is CCc1nc2c(OC)cccn2c1C(=O)N(CCOC)CCOC. The molecule has 7 heteroatoms. The Morgan fingerprint density at radius 3 is 2.42 bits per heavy atom. The van der Waals surface area contributed by atoms with E-state index >= 15 is 0 Å². The van der Waals surface area contributed by atoms with Crippen LogP contribution in [0.15, 0.2) is 18.3 Å². The Hall–Kier alpha value is -2.12. The second kappa shape index (κ2) is 8.65. The summed E-state index contributed by atoms with van der Waals surface area (Å²) in [5.74, 6) is 0.563. The van der Waals surface area contributed by atoms with Gasteiger partial charge in [-0.3, -0.25) is 9.20 Å². The van der Waals surface area contributed by atoms with E-state index in [9.17, 15) is 4.79 Å². The molecule has 132 valence electrons. The number of pyridine rings is 1. The predicted molar refractivity (Wildman–Crippen MR) is 90.8 cm³/mol. The highest BCUT2D eigenvalue weighted by atomic mass is 16.5. The van der Waals surface area contributed by atoms with Crippen LogP contribution in [0, 0.1) is 0 Å². The lowest BCUT2D eigenvalue weighted by molar-refractivity contribution is 0.0619. The summed E-state index contributed by atoms with van der Waals surface area (Å²) in [6.07, 6.45) is 2.50. The summed E-state index contributed by atoms with van der Waals surface area (Å²) in [6, 6.07) is 3.68. The van der Waals surface area contributed by atoms with E-state index in [1.165, 1.54) is 0 Å². The third-order valence-corrected chi connectivity index (χ3v) is 3.86. The highest BCUT2D eigenvalue weighted by Crippen LogP contribution is 2.23. The van der Waals surface area contributed by atoms with Gasteiger partial charge in [-0.25, -0.2) is 4.98 Å². The first-order valence-electron chi connectivity index (χ1n) is 7.99. The van der Waals surface area contributed by atoms with E-state index in [4.69, 9.17) is 14.2 Å². The minimum atomic E-state index is -0.0818. The van der Waals surface area contributed by atoms with Crippen molar-refractivity contribution in [3.8, 4) is 5.75 Å². The third kappa shape index (κ3) is 3.68. The van der Waals surface area contributed by atoms with Crippen LogP contribution in [0.5, 0.6) is 5.75 Å². The number of nitrogens with zero attached hydrogens (tertiary/aromatic N) is 3. The maximum absolute atomic E-state index is 13.1. The Bertz CT molecular complexity index is 676. The molecule has 2 aromatic heterocycles. The molecule has 2 heterocycles. The molecule has 0 aromatic carbocycles. The van der Waals surface area contributed by atoms with Crippen molar-refractivity contribution < 1.29 is 19.0 Å². The molecular formula is C17H25N3O4. The topological polar surface area (TPSA) is 65.3 Å². The predicted octanol–water partition coefficient (Wildman–Crippen LogP) is 1.64. The fourth-order valence-corrected chi connectivity index (χ4v) is 2.59. The molecule has 0 unspecified atom stereocenters. The highest BCUT2D eigenvalue weighted by molar-refractivity contribution is 5.95. The number of ether oxygens (including phenoxy) is 3. The van der Waals surface area contributed by atoms with Crippen molar-refractivity contribution in [1.82, 2.24) is 14.3 Å². The number of carbonyl (C=O) groups is 1. The number of aryl methyl sites for hydroxylation is 1. The molecule has 0 radical (unpaired) electrons. The maximum atomic E-state index is 13.1. The first kappa shape index (κ1) is 18.2. The Labute approximate surface area is 142 Å². The molecule has 0 fully saturated rings. The second-order valence-electron chi connectivity index (χ2n) is 5.31. The Kier molecular flexibility index (Phi) is 6.57. The van der Waals surface area contributed by atoms with Crippen molar-refractivity contribution >= 4 is 11.6 Å². The van der Waals surface area contributed by atoms with Crippen molar-refractivity contribution in [3.63, 3.8) is 0 Å². The van der Waals surface area contributed by atoms with Crippen LogP contribution in [0.4, 0.5) is 0 Å². The van der Waals surface area contributed by atoms with Crippen LogP contribution in [0.2, 0.25) is 0 Å². The van der Waals surface area contributed by atoms with Gasteiger partial charge in [0.25, 0.3) is 5.91 Å². The number of imidazole rings is 1. The van der Waals surface area contributed by atoms with Crippen LogP contribution in [0.3, 0.4) is 0 Å². The van der Waals surface area contributed by atoms with Gasteiger partial charge in [-0.05, 0) is 18.6 Å². The average Bonchev–Trinajstić information content (AvgIpc) is 2.99. The van der Waals surface area contributed by atoms with E-state index in [1.54, 1.807) is 30.6 Å². The van der Waals surface area contributed by atoms with Crippen LogP contribution in [-0.4, -0.2) is 67.8 Å². The van der Waals surface area contributed by atoms with Crippen molar-refractivity contribution in [2.24, 2.45) is 0 Å². The van der Waals surface area contributed by atoms with Crippen LogP contribution >= 0.6 is 0 Å². The Morgan fingerprint density at radius 1 is 1.21 bits per heavy atom. The number of hydrogen-bond donors (Lipinski definition) is 0. The second-order valence-corrected chi connectivity index (χ2v) is 5.31. The molecule has 0 saturated heterocycles. The van der Waals surface area contributed by atoms with Crippen LogP contribution < -0.4 is 4.74 Å². The van der Waals surface area contributed by atoms with Gasteiger partial charge in [0.2, 0.25) is 0 Å². The fraction of sp³-hybridized carbons (Fsp3) is 0.529. The van der Waals surface area contributed by atoms with E-state index in [2.05, 4.69) is 4.98 Å². The summed E-state index contributed by atoms with van der Waals surface area (Å²) >= 11 is 0. The molecule has 0 atom stereocenters. The van der Waals surface area contributed by atoms with Crippen LogP contribution in [0.25, 0.3) is 5.65 Å². The van der Waals surface area contributed by atoms with E-state index in [-0.39, 0.29) is 5.91 Å². The van der Waals surface area contributed by atoms with Gasteiger partial charge in [0.15, 0.2) is 11.4 Å². The molecule has 0 aliphatic carbocycles. The van der Waals surface area contributed by atoms with Crippen LogP contribution in [-0.2, 0) is 15.9 Å². The van der Waals surface area contributed by atoms with E-state index in [0.717, 1.165) is 5.69 Å². The number of methoxy groups -OCH3 is 3. The van der Waals surface area contributed by atoms with Crippen molar-refractivity contribution in [1.29, 1.82) is 0 Å². The summed E-state index contributed by atoms with van der Waals surface area (Å²) in [7, 11) is 4.84. The third-order valence-electron chi connectivity index (χ3n) is 3.86. The van der Waals surface area contributed by atoms with Crippen molar-refractivity contribution in [2.45, 2.75) is 13.3 Å². The fourth-order valence-electron chi connectivity index (χ4n) is 2.59. The van der Waals surface area contributed by atoms with Gasteiger partial charge in [0.1, 0.15) is 5.69 Å². The maximum Gasteiger partial charge on any atom is 0.272 e. The molecule has 0 spiro atoms. The smallest absolute Gasteiger partial charge is 0.272 e. The zero-order valence-corrected chi connectivity index (χ0v) is 14.7. The lowest BCUT2D eigenvalue weighted by atomic mass is 10.2. The quantitative estimate of drug-likeness (QED) is 0.697.